The minimum atomic E-state index is -0.600. The minimum absolute atomic E-state index is 0.0463. The van der Waals surface area contributed by atoms with Gasteiger partial charge in [-0.2, -0.15) is 0 Å². The van der Waals surface area contributed by atoms with Crippen LogP contribution < -0.4 is 9.47 Å². The van der Waals surface area contributed by atoms with E-state index in [0.717, 1.165) is 6.42 Å². The molecule has 0 spiro atoms. The predicted molar refractivity (Wildman–Crippen MR) is 62.9 cm³/mol. The van der Waals surface area contributed by atoms with Crippen LogP contribution in [-0.2, 0) is 0 Å². The molecule has 4 heteroatoms. The lowest BCUT2D eigenvalue weighted by molar-refractivity contribution is 0.310. The van der Waals surface area contributed by atoms with Gasteiger partial charge in [0.05, 0.1) is 6.61 Å². The van der Waals surface area contributed by atoms with Crippen LogP contribution in [0.15, 0.2) is 24.8 Å². The summed E-state index contributed by atoms with van der Waals surface area (Å²) in [6.45, 7) is 6.19. The van der Waals surface area contributed by atoms with E-state index in [-0.39, 0.29) is 17.4 Å². The van der Waals surface area contributed by atoms with Gasteiger partial charge >= 0.3 is 0 Å². The Kier molecular flexibility index (Phi) is 5.12. The van der Waals surface area contributed by atoms with Gasteiger partial charge in [-0.25, -0.2) is 4.39 Å². The van der Waals surface area contributed by atoms with Crippen LogP contribution in [0.3, 0.4) is 0 Å². The number of halogens is 2. The molecule has 0 amide bonds. The summed E-state index contributed by atoms with van der Waals surface area (Å²) in [5, 5.41) is -0.0463. The van der Waals surface area contributed by atoms with Crippen molar-refractivity contribution >= 4 is 11.6 Å². The molecule has 1 aromatic rings. The van der Waals surface area contributed by atoms with Gasteiger partial charge in [0.25, 0.3) is 0 Å². The Morgan fingerprint density at radius 1 is 1.38 bits per heavy atom. The molecule has 0 atom stereocenters. The maximum atomic E-state index is 13.6. The van der Waals surface area contributed by atoms with E-state index in [1.165, 1.54) is 12.1 Å². The van der Waals surface area contributed by atoms with E-state index >= 15 is 0 Å². The molecule has 0 bridgehead atoms. The number of hydrogen-bond acceptors (Lipinski definition) is 2. The second-order valence-corrected chi connectivity index (χ2v) is 3.52. The molecular formula is C12H14ClFO2. The first-order valence-corrected chi connectivity index (χ1v) is 5.43. The number of hydrogen-bond donors (Lipinski definition) is 0. The number of rotatable bonds is 6. The highest BCUT2D eigenvalue weighted by atomic mass is 35.5. The van der Waals surface area contributed by atoms with Crippen LogP contribution in [-0.4, -0.2) is 13.2 Å². The molecule has 0 aliphatic heterocycles. The first-order valence-electron chi connectivity index (χ1n) is 5.05. The Morgan fingerprint density at radius 3 is 2.69 bits per heavy atom. The van der Waals surface area contributed by atoms with Crippen LogP contribution in [0.25, 0.3) is 0 Å². The first-order chi connectivity index (χ1) is 7.70. The predicted octanol–water partition coefficient (Wildman–Crippen LogP) is 3.83. The largest absolute Gasteiger partial charge is 0.492 e. The summed E-state index contributed by atoms with van der Waals surface area (Å²) in [6, 6.07) is 3.09. The summed E-state index contributed by atoms with van der Waals surface area (Å²) < 4.78 is 24.0. The summed E-state index contributed by atoms with van der Waals surface area (Å²) in [7, 11) is 0. The maximum absolute atomic E-state index is 13.6. The Balaban J connectivity index is 2.84. The third-order valence-electron chi connectivity index (χ3n) is 1.83. The molecular weight excluding hydrogens is 231 g/mol. The minimum Gasteiger partial charge on any atom is -0.492 e. The van der Waals surface area contributed by atoms with Gasteiger partial charge in [0, 0.05) is 0 Å². The standard InChI is InChI=1S/C12H14ClFO2/c1-3-7-15-9-5-6-10(16-8-4-2)12(14)11(9)13/h4-6H,2-3,7-8H2,1H3. The lowest BCUT2D eigenvalue weighted by atomic mass is 10.3. The summed E-state index contributed by atoms with van der Waals surface area (Å²) in [5.41, 5.74) is 0. The van der Waals surface area contributed by atoms with Crippen LogP contribution >= 0.6 is 11.6 Å². The van der Waals surface area contributed by atoms with Gasteiger partial charge in [-0.15, -0.1) is 0 Å². The van der Waals surface area contributed by atoms with E-state index in [1.807, 2.05) is 6.92 Å². The summed E-state index contributed by atoms with van der Waals surface area (Å²) in [5.74, 6) is -0.155. The van der Waals surface area contributed by atoms with Crippen molar-refractivity contribution in [1.82, 2.24) is 0 Å². The van der Waals surface area contributed by atoms with E-state index < -0.39 is 5.82 Å². The van der Waals surface area contributed by atoms with E-state index in [4.69, 9.17) is 21.1 Å². The van der Waals surface area contributed by atoms with Gasteiger partial charge in [-0.1, -0.05) is 31.2 Å². The molecule has 88 valence electrons. The van der Waals surface area contributed by atoms with Crippen LogP contribution in [0.2, 0.25) is 5.02 Å². The molecule has 0 radical (unpaired) electrons. The molecule has 0 saturated heterocycles. The van der Waals surface area contributed by atoms with E-state index in [1.54, 1.807) is 6.07 Å². The van der Waals surface area contributed by atoms with Crippen molar-refractivity contribution in [3.05, 3.63) is 35.6 Å². The highest BCUT2D eigenvalue weighted by Gasteiger charge is 2.13. The maximum Gasteiger partial charge on any atom is 0.187 e. The zero-order chi connectivity index (χ0) is 12.0. The Morgan fingerprint density at radius 2 is 2.06 bits per heavy atom. The fourth-order valence-electron chi connectivity index (χ4n) is 1.10. The molecule has 0 fully saturated rings. The van der Waals surface area contributed by atoms with Crippen molar-refractivity contribution in [2.24, 2.45) is 0 Å². The fraction of sp³-hybridized carbons (Fsp3) is 0.333. The Bertz CT molecular complexity index is 366. The second kappa shape index (κ2) is 6.38. The topological polar surface area (TPSA) is 18.5 Å². The van der Waals surface area contributed by atoms with E-state index in [2.05, 4.69) is 6.58 Å². The van der Waals surface area contributed by atoms with Gasteiger partial charge in [0.15, 0.2) is 11.6 Å². The van der Waals surface area contributed by atoms with E-state index in [9.17, 15) is 4.39 Å². The Labute approximate surface area is 99.6 Å². The van der Waals surface area contributed by atoms with Crippen LogP contribution in [0, 0.1) is 5.82 Å². The number of benzene rings is 1. The fourth-order valence-corrected chi connectivity index (χ4v) is 1.31. The highest BCUT2D eigenvalue weighted by molar-refractivity contribution is 6.32. The first kappa shape index (κ1) is 12.8. The molecule has 1 aromatic carbocycles. The van der Waals surface area contributed by atoms with Gasteiger partial charge in [0.1, 0.15) is 17.4 Å². The van der Waals surface area contributed by atoms with Gasteiger partial charge < -0.3 is 9.47 Å². The lowest BCUT2D eigenvalue weighted by Gasteiger charge is -2.10. The smallest absolute Gasteiger partial charge is 0.187 e. The van der Waals surface area contributed by atoms with Crippen molar-refractivity contribution in [3.8, 4) is 11.5 Å². The molecule has 1 rings (SSSR count). The molecule has 0 N–H and O–H groups in total. The molecule has 0 aliphatic rings. The van der Waals surface area contributed by atoms with Gasteiger partial charge in [0.2, 0.25) is 0 Å². The number of ether oxygens (including phenoxy) is 2. The summed E-state index contributed by atoms with van der Waals surface area (Å²) >= 11 is 5.81. The molecule has 16 heavy (non-hydrogen) atoms. The average Bonchev–Trinajstić information content (AvgIpc) is 2.30. The summed E-state index contributed by atoms with van der Waals surface area (Å²) in [6.07, 6.45) is 2.38. The molecule has 0 saturated carbocycles. The van der Waals surface area contributed by atoms with Crippen molar-refractivity contribution < 1.29 is 13.9 Å². The van der Waals surface area contributed by atoms with Crippen molar-refractivity contribution in [2.75, 3.05) is 13.2 Å². The van der Waals surface area contributed by atoms with Crippen molar-refractivity contribution in [3.63, 3.8) is 0 Å². The monoisotopic (exact) mass is 244 g/mol. The molecule has 0 unspecified atom stereocenters. The van der Waals surface area contributed by atoms with Gasteiger partial charge in [-0.3, -0.25) is 0 Å². The van der Waals surface area contributed by atoms with Crippen molar-refractivity contribution in [1.29, 1.82) is 0 Å². The van der Waals surface area contributed by atoms with Crippen LogP contribution in [0.1, 0.15) is 13.3 Å². The zero-order valence-electron chi connectivity index (χ0n) is 9.13. The third-order valence-corrected chi connectivity index (χ3v) is 2.18. The second-order valence-electron chi connectivity index (χ2n) is 3.14. The lowest BCUT2D eigenvalue weighted by Crippen LogP contribution is -2.00. The summed E-state index contributed by atoms with van der Waals surface area (Å²) in [4.78, 5) is 0. The van der Waals surface area contributed by atoms with Crippen molar-refractivity contribution in [2.45, 2.75) is 13.3 Å². The van der Waals surface area contributed by atoms with Crippen LogP contribution in [0.4, 0.5) is 4.39 Å². The quantitative estimate of drug-likeness (QED) is 0.708. The SMILES string of the molecule is C=CCOc1ccc(OCCC)c(Cl)c1F. The van der Waals surface area contributed by atoms with E-state index in [0.29, 0.717) is 12.4 Å². The molecule has 0 aliphatic carbocycles. The molecule has 2 nitrogen and oxygen atoms in total. The zero-order valence-corrected chi connectivity index (χ0v) is 9.89. The molecule has 0 heterocycles. The highest BCUT2D eigenvalue weighted by Crippen LogP contribution is 2.33. The normalized spacial score (nSPS) is 9.94. The van der Waals surface area contributed by atoms with Gasteiger partial charge in [-0.05, 0) is 18.6 Å². The molecule has 0 aromatic heterocycles. The third kappa shape index (κ3) is 3.14. The van der Waals surface area contributed by atoms with Crippen LogP contribution in [0.5, 0.6) is 11.5 Å². The average molecular weight is 245 g/mol. The Hall–Kier alpha value is -1.22.